The molecule has 2 aromatic heterocycles. The number of ether oxygens (including phenoxy) is 3. The molecule has 1 aromatic carbocycles. The quantitative estimate of drug-likeness (QED) is 0.472. The molecule has 37 heavy (non-hydrogen) atoms. The molecule has 1 aliphatic heterocycles. The highest BCUT2D eigenvalue weighted by Crippen LogP contribution is 2.49. The Labute approximate surface area is 218 Å². The summed E-state index contributed by atoms with van der Waals surface area (Å²) < 4.78 is 20.5. The zero-order chi connectivity index (χ0) is 26.3. The summed E-state index contributed by atoms with van der Waals surface area (Å²) in [6.45, 7) is 4.82. The Kier molecular flexibility index (Phi) is 6.99. The summed E-state index contributed by atoms with van der Waals surface area (Å²) in [5, 5.41) is 12.2. The average Bonchev–Trinajstić information content (AvgIpc) is 3.28. The Balaban J connectivity index is 1.65. The Bertz CT molecular complexity index is 1430. The van der Waals surface area contributed by atoms with Gasteiger partial charge in [-0.1, -0.05) is 18.2 Å². The predicted molar refractivity (Wildman–Crippen MR) is 140 cm³/mol. The van der Waals surface area contributed by atoms with Crippen molar-refractivity contribution in [3.8, 4) is 5.75 Å². The first-order valence-corrected chi connectivity index (χ1v) is 13.5. The predicted octanol–water partition coefficient (Wildman–Crippen LogP) is 3.90. The van der Waals surface area contributed by atoms with Gasteiger partial charge in [0.1, 0.15) is 16.7 Å². The second kappa shape index (κ2) is 10.1. The van der Waals surface area contributed by atoms with E-state index < -0.39 is 34.8 Å². The number of aromatic nitrogens is 2. The zero-order valence-electron chi connectivity index (χ0n) is 21.3. The fourth-order valence-corrected chi connectivity index (χ4v) is 6.53. The Morgan fingerprint density at radius 1 is 1.24 bits per heavy atom. The number of thiophene rings is 1. The maximum atomic E-state index is 14.0. The first-order valence-electron chi connectivity index (χ1n) is 12.6. The molecule has 9 nitrogen and oxygen atoms in total. The van der Waals surface area contributed by atoms with Crippen LogP contribution >= 0.6 is 11.3 Å². The minimum atomic E-state index is -1.17. The standard InChI is InChI=1S/C27H32N2O7S/c1-16-15-37-24-22(16)23(30)29(21-8-11-27(21,2)25(31)32)26(33)28(24)14-20(36-17-9-12-35-13-10-17)18-6-4-5-7-19(18)34-3/h4-7,15,17,20-21H,8-14H2,1-3H3,(H,31,32)/t20-,21?,27?/m0/s1. The first-order chi connectivity index (χ1) is 17.8. The van der Waals surface area contributed by atoms with Gasteiger partial charge in [0.15, 0.2) is 0 Å². The molecule has 0 radical (unpaired) electrons. The molecule has 3 heterocycles. The lowest BCUT2D eigenvalue weighted by Gasteiger charge is -2.43. The van der Waals surface area contributed by atoms with Crippen LogP contribution in [0.2, 0.25) is 0 Å². The summed E-state index contributed by atoms with van der Waals surface area (Å²) in [6.07, 6.45) is 1.78. The van der Waals surface area contributed by atoms with Crippen LogP contribution in [0.15, 0.2) is 39.2 Å². The maximum Gasteiger partial charge on any atom is 0.332 e. The highest BCUT2D eigenvalue weighted by molar-refractivity contribution is 7.17. The summed E-state index contributed by atoms with van der Waals surface area (Å²) in [6, 6.07) is 6.86. The van der Waals surface area contributed by atoms with Crippen LogP contribution in [0.1, 0.15) is 55.9 Å². The third-order valence-corrected chi connectivity index (χ3v) is 9.02. The van der Waals surface area contributed by atoms with Gasteiger partial charge in [0.05, 0.1) is 36.6 Å². The number of nitrogens with zero attached hydrogens (tertiary/aromatic N) is 2. The van der Waals surface area contributed by atoms with Crippen LogP contribution in [0, 0.1) is 12.3 Å². The summed E-state index contributed by atoms with van der Waals surface area (Å²) >= 11 is 1.34. The number of rotatable bonds is 8. The van der Waals surface area contributed by atoms with Crippen molar-refractivity contribution in [3.63, 3.8) is 0 Å². The van der Waals surface area contributed by atoms with Crippen LogP contribution in [-0.4, -0.2) is 46.6 Å². The lowest BCUT2D eigenvalue weighted by molar-refractivity contribution is -0.158. The number of fused-ring (bicyclic) bond motifs is 1. The number of benzene rings is 1. The monoisotopic (exact) mass is 528 g/mol. The number of hydrogen-bond donors (Lipinski definition) is 1. The van der Waals surface area contributed by atoms with Gasteiger partial charge < -0.3 is 19.3 Å². The molecule has 2 aliphatic rings. The van der Waals surface area contributed by atoms with Crippen LogP contribution in [0.3, 0.4) is 0 Å². The number of para-hydroxylation sites is 1. The molecular weight excluding hydrogens is 496 g/mol. The van der Waals surface area contributed by atoms with Crippen molar-refractivity contribution >= 4 is 27.5 Å². The van der Waals surface area contributed by atoms with E-state index in [4.69, 9.17) is 14.2 Å². The van der Waals surface area contributed by atoms with E-state index in [1.165, 1.54) is 15.9 Å². The van der Waals surface area contributed by atoms with E-state index in [0.29, 0.717) is 42.0 Å². The van der Waals surface area contributed by atoms with Gasteiger partial charge in [-0.3, -0.25) is 18.7 Å². The fraction of sp³-hybridized carbons (Fsp3) is 0.519. The van der Waals surface area contributed by atoms with Crippen molar-refractivity contribution in [2.24, 2.45) is 5.41 Å². The van der Waals surface area contributed by atoms with Crippen LogP contribution < -0.4 is 16.0 Å². The normalized spacial score (nSPS) is 23.1. The molecule has 1 saturated heterocycles. The second-order valence-corrected chi connectivity index (χ2v) is 11.0. The van der Waals surface area contributed by atoms with Crippen molar-refractivity contribution in [2.75, 3.05) is 20.3 Å². The number of carboxylic acid groups (broad SMARTS) is 1. The smallest absolute Gasteiger partial charge is 0.332 e. The van der Waals surface area contributed by atoms with E-state index in [9.17, 15) is 19.5 Å². The lowest BCUT2D eigenvalue weighted by atomic mass is 9.65. The molecule has 0 bridgehead atoms. The molecule has 198 valence electrons. The molecule has 2 unspecified atom stereocenters. The molecule has 1 saturated carbocycles. The highest BCUT2D eigenvalue weighted by atomic mass is 32.1. The van der Waals surface area contributed by atoms with Gasteiger partial charge in [0, 0.05) is 18.8 Å². The first kappa shape index (κ1) is 25.7. The van der Waals surface area contributed by atoms with E-state index in [0.717, 1.165) is 24.0 Å². The molecule has 10 heteroatoms. The Morgan fingerprint density at radius 3 is 2.62 bits per heavy atom. The van der Waals surface area contributed by atoms with Crippen molar-refractivity contribution in [3.05, 3.63) is 61.6 Å². The number of hydrogen-bond acceptors (Lipinski definition) is 7. The second-order valence-electron chi connectivity index (χ2n) is 10.1. The molecule has 2 fully saturated rings. The van der Waals surface area contributed by atoms with Gasteiger partial charge in [-0.2, -0.15) is 0 Å². The topological polar surface area (TPSA) is 109 Å². The number of methoxy groups -OCH3 is 1. The lowest BCUT2D eigenvalue weighted by Crippen LogP contribution is -2.54. The van der Waals surface area contributed by atoms with E-state index in [1.54, 1.807) is 18.6 Å². The molecule has 1 aliphatic carbocycles. The van der Waals surface area contributed by atoms with Gasteiger partial charge in [0.25, 0.3) is 5.56 Å². The van der Waals surface area contributed by atoms with E-state index in [2.05, 4.69) is 0 Å². The van der Waals surface area contributed by atoms with Crippen molar-refractivity contribution < 1.29 is 24.1 Å². The van der Waals surface area contributed by atoms with Gasteiger partial charge in [-0.15, -0.1) is 11.3 Å². The summed E-state index contributed by atoms with van der Waals surface area (Å²) in [7, 11) is 1.60. The zero-order valence-corrected chi connectivity index (χ0v) is 22.1. The fourth-order valence-electron chi connectivity index (χ4n) is 5.48. The van der Waals surface area contributed by atoms with E-state index in [-0.39, 0.29) is 12.6 Å². The van der Waals surface area contributed by atoms with Gasteiger partial charge in [0.2, 0.25) is 0 Å². The van der Waals surface area contributed by atoms with Gasteiger partial charge in [-0.25, -0.2) is 4.79 Å². The molecule has 0 amide bonds. The molecule has 0 spiro atoms. The van der Waals surface area contributed by atoms with Gasteiger partial charge >= 0.3 is 11.7 Å². The van der Waals surface area contributed by atoms with Crippen molar-refractivity contribution in [2.45, 2.75) is 64.3 Å². The summed E-state index contributed by atoms with van der Waals surface area (Å²) in [5.41, 5.74) is -0.526. The number of carbonyl (C=O) groups is 1. The molecule has 5 rings (SSSR count). The third-order valence-electron chi connectivity index (χ3n) is 7.90. The van der Waals surface area contributed by atoms with Gasteiger partial charge in [-0.05, 0) is 56.5 Å². The van der Waals surface area contributed by atoms with E-state index in [1.807, 2.05) is 36.6 Å². The summed E-state index contributed by atoms with van der Waals surface area (Å²) in [5.74, 6) is -0.351. The van der Waals surface area contributed by atoms with Crippen LogP contribution in [0.4, 0.5) is 0 Å². The van der Waals surface area contributed by atoms with Crippen LogP contribution in [0.25, 0.3) is 10.2 Å². The van der Waals surface area contributed by atoms with E-state index >= 15 is 0 Å². The van der Waals surface area contributed by atoms with Crippen LogP contribution in [-0.2, 0) is 20.8 Å². The summed E-state index contributed by atoms with van der Waals surface area (Å²) in [4.78, 5) is 40.2. The molecular formula is C27H32N2O7S. The highest BCUT2D eigenvalue weighted by Gasteiger charge is 2.51. The average molecular weight is 529 g/mol. The SMILES string of the molecule is COc1ccccc1[C@H](Cn1c(=O)n(C2CCC2(C)C(=O)O)c(=O)c2c(C)csc21)OC1CCOCC1. The minimum absolute atomic E-state index is 0.0484. The maximum absolute atomic E-state index is 14.0. The molecule has 1 N–H and O–H groups in total. The number of carboxylic acids is 1. The van der Waals surface area contributed by atoms with Crippen molar-refractivity contribution in [1.82, 2.24) is 9.13 Å². The van der Waals surface area contributed by atoms with Crippen molar-refractivity contribution in [1.29, 1.82) is 0 Å². The Morgan fingerprint density at radius 2 is 1.97 bits per heavy atom. The number of aliphatic carboxylic acids is 1. The van der Waals surface area contributed by atoms with Crippen LogP contribution in [0.5, 0.6) is 5.75 Å². The number of aryl methyl sites for hydroxylation is 1. The Hall–Kier alpha value is -2.95. The minimum Gasteiger partial charge on any atom is -0.496 e. The molecule has 3 aromatic rings. The molecule has 3 atom stereocenters. The largest absolute Gasteiger partial charge is 0.496 e. The third kappa shape index (κ3) is 4.41.